The van der Waals surface area contributed by atoms with E-state index in [1.54, 1.807) is 0 Å². The van der Waals surface area contributed by atoms with Crippen LogP contribution in [0.1, 0.15) is 38.3 Å². The molecule has 0 bridgehead atoms. The van der Waals surface area contributed by atoms with Crippen molar-refractivity contribution in [3.63, 3.8) is 0 Å². The predicted octanol–water partition coefficient (Wildman–Crippen LogP) is 2.89. The molecule has 1 rings (SSSR count). The Bertz CT molecular complexity index is 439. The Morgan fingerprint density at radius 3 is 2.33 bits per heavy atom. The third kappa shape index (κ3) is 2.49. The lowest BCUT2D eigenvalue weighted by Gasteiger charge is -2.07. The van der Waals surface area contributed by atoms with Crippen LogP contribution in [0, 0.1) is 0 Å². The molecule has 0 aromatic carbocycles. The van der Waals surface area contributed by atoms with Gasteiger partial charge in [0, 0.05) is 5.92 Å². The van der Waals surface area contributed by atoms with Crippen molar-refractivity contribution in [2.45, 2.75) is 37.7 Å². The molecule has 4 nitrogen and oxygen atoms in total. The van der Waals surface area contributed by atoms with Crippen LogP contribution in [0.15, 0.2) is 9.62 Å². The van der Waals surface area contributed by atoms with E-state index >= 15 is 0 Å². The molecule has 1 heterocycles. The van der Waals surface area contributed by atoms with E-state index in [0.29, 0.717) is 5.69 Å². The summed E-state index contributed by atoms with van der Waals surface area (Å²) >= 11 is 5.69. The van der Waals surface area contributed by atoms with Gasteiger partial charge in [-0.05, 0) is 12.8 Å². The number of aromatic nitrogens is 1. The molecular weight excluding hydrogens is 245 g/mol. The van der Waals surface area contributed by atoms with E-state index in [0.717, 1.165) is 12.8 Å². The topological polar surface area (TPSA) is 60.2 Å². The Morgan fingerprint density at radius 2 is 2.00 bits per heavy atom. The molecule has 0 amide bonds. The fourth-order valence-corrected chi connectivity index (χ4v) is 2.30. The van der Waals surface area contributed by atoms with Gasteiger partial charge in [0.2, 0.25) is 0 Å². The van der Waals surface area contributed by atoms with Gasteiger partial charge in [-0.15, -0.1) is 0 Å². The molecule has 0 aliphatic rings. The highest BCUT2D eigenvalue weighted by atomic mass is 35.5. The van der Waals surface area contributed by atoms with Crippen molar-refractivity contribution in [2.24, 2.45) is 0 Å². The van der Waals surface area contributed by atoms with Crippen LogP contribution in [0.2, 0.25) is 5.02 Å². The van der Waals surface area contributed by atoms with Crippen molar-refractivity contribution in [1.82, 2.24) is 5.16 Å². The molecule has 0 N–H and O–H groups in total. The zero-order chi connectivity index (χ0) is 11.6. The molecule has 0 spiro atoms. The number of hydrogen-bond acceptors (Lipinski definition) is 4. The molecule has 0 aliphatic heterocycles. The Labute approximate surface area is 92.6 Å². The van der Waals surface area contributed by atoms with Gasteiger partial charge >= 0.3 is 15.3 Å². The summed E-state index contributed by atoms with van der Waals surface area (Å²) in [5, 5.41) is 2.36. The number of hydrogen-bond donors (Lipinski definition) is 0. The number of nitrogens with zero attached hydrogens (tertiary/aromatic N) is 1. The van der Waals surface area contributed by atoms with E-state index in [9.17, 15) is 12.3 Å². The first-order chi connectivity index (χ1) is 6.91. The second-order valence-corrected chi connectivity index (χ2v) is 4.74. The fraction of sp³-hybridized carbons (Fsp3) is 0.625. The van der Waals surface area contributed by atoms with Crippen LogP contribution in [-0.4, -0.2) is 13.6 Å². The van der Waals surface area contributed by atoms with E-state index in [-0.39, 0.29) is 10.9 Å². The van der Waals surface area contributed by atoms with Crippen LogP contribution >= 0.6 is 11.6 Å². The van der Waals surface area contributed by atoms with Gasteiger partial charge < -0.3 is 4.52 Å². The molecule has 1 aromatic heterocycles. The Kier molecular flexibility index (Phi) is 3.72. The number of rotatable bonds is 4. The highest BCUT2D eigenvalue weighted by Crippen LogP contribution is 2.33. The summed E-state index contributed by atoms with van der Waals surface area (Å²) in [6, 6.07) is 0. The van der Waals surface area contributed by atoms with Crippen LogP contribution in [0.25, 0.3) is 0 Å². The van der Waals surface area contributed by atoms with Crippen molar-refractivity contribution in [3.8, 4) is 0 Å². The van der Waals surface area contributed by atoms with Crippen molar-refractivity contribution in [1.29, 1.82) is 0 Å². The second-order valence-electron chi connectivity index (χ2n) is 3.12. The summed E-state index contributed by atoms with van der Waals surface area (Å²) in [5.41, 5.74) is 0.304. The lowest BCUT2D eigenvalue weighted by Crippen LogP contribution is -1.97. The molecule has 0 atom stereocenters. The molecule has 0 aliphatic carbocycles. The summed E-state index contributed by atoms with van der Waals surface area (Å²) < 4.78 is 38.2. The molecule has 15 heavy (non-hydrogen) atoms. The largest absolute Gasteiger partial charge is 0.370 e. The predicted molar refractivity (Wildman–Crippen MR) is 53.1 cm³/mol. The Morgan fingerprint density at radius 1 is 1.47 bits per heavy atom. The number of halogens is 2. The third-order valence-electron chi connectivity index (χ3n) is 2.22. The second kappa shape index (κ2) is 4.49. The minimum Gasteiger partial charge on any atom is -0.340 e. The fourth-order valence-electron chi connectivity index (χ4n) is 1.36. The van der Waals surface area contributed by atoms with Crippen molar-refractivity contribution in [2.75, 3.05) is 0 Å². The molecule has 86 valence electrons. The standard InChI is InChI=1S/C8H11ClFNO3S/c1-3-5(4-2)7-6(9)8(14-11-7)15(10,12)13/h5H,3-4H2,1-2H3. The maximum atomic E-state index is 12.6. The SMILES string of the molecule is CCC(CC)c1noc(S(=O)(=O)F)c1Cl. The lowest BCUT2D eigenvalue weighted by atomic mass is 10.00. The maximum Gasteiger partial charge on any atom is 0.370 e. The van der Waals surface area contributed by atoms with Gasteiger partial charge in [0.15, 0.2) is 0 Å². The summed E-state index contributed by atoms with van der Waals surface area (Å²) in [7, 11) is -4.92. The van der Waals surface area contributed by atoms with Crippen molar-refractivity contribution < 1.29 is 16.8 Å². The minimum absolute atomic E-state index is 0.0169. The quantitative estimate of drug-likeness (QED) is 0.776. The Hall–Kier alpha value is -0.620. The molecule has 0 unspecified atom stereocenters. The van der Waals surface area contributed by atoms with Gasteiger partial charge in [-0.25, -0.2) is 0 Å². The third-order valence-corrected chi connectivity index (χ3v) is 3.42. The van der Waals surface area contributed by atoms with E-state index in [1.807, 2.05) is 13.8 Å². The summed E-state index contributed by atoms with van der Waals surface area (Å²) in [5.74, 6) is -0.0169. The molecule has 0 fully saturated rings. The van der Waals surface area contributed by atoms with Crippen molar-refractivity contribution >= 4 is 21.8 Å². The zero-order valence-corrected chi connectivity index (χ0v) is 9.90. The summed E-state index contributed by atoms with van der Waals surface area (Å²) in [4.78, 5) is 0. The molecule has 7 heteroatoms. The van der Waals surface area contributed by atoms with Gasteiger partial charge in [-0.2, -0.15) is 8.42 Å². The van der Waals surface area contributed by atoms with Crippen LogP contribution in [0.3, 0.4) is 0 Å². The van der Waals surface area contributed by atoms with Crippen LogP contribution < -0.4 is 0 Å². The first kappa shape index (κ1) is 12.4. The van der Waals surface area contributed by atoms with Crippen LogP contribution in [0.4, 0.5) is 3.89 Å². The monoisotopic (exact) mass is 255 g/mol. The average Bonchev–Trinajstić information content (AvgIpc) is 2.50. The smallest absolute Gasteiger partial charge is 0.340 e. The first-order valence-electron chi connectivity index (χ1n) is 4.51. The minimum atomic E-state index is -4.92. The summed E-state index contributed by atoms with van der Waals surface area (Å²) in [6.07, 6.45) is 1.46. The highest BCUT2D eigenvalue weighted by Gasteiger charge is 2.28. The van der Waals surface area contributed by atoms with Gasteiger partial charge in [0.25, 0.3) is 0 Å². The average molecular weight is 256 g/mol. The van der Waals surface area contributed by atoms with Gasteiger partial charge in [-0.3, -0.25) is 0 Å². The van der Waals surface area contributed by atoms with E-state index < -0.39 is 15.3 Å². The molecule has 1 aromatic rings. The Balaban J connectivity index is 3.20. The molecular formula is C8H11ClFNO3S. The normalized spacial score (nSPS) is 12.3. The molecule has 0 radical (unpaired) electrons. The van der Waals surface area contributed by atoms with E-state index in [2.05, 4.69) is 9.68 Å². The van der Waals surface area contributed by atoms with E-state index in [1.165, 1.54) is 0 Å². The maximum absolute atomic E-state index is 12.6. The van der Waals surface area contributed by atoms with Crippen molar-refractivity contribution in [3.05, 3.63) is 10.7 Å². The van der Waals surface area contributed by atoms with Gasteiger partial charge in [-0.1, -0.05) is 34.5 Å². The highest BCUT2D eigenvalue weighted by molar-refractivity contribution is 7.86. The van der Waals surface area contributed by atoms with Gasteiger partial charge in [0.05, 0.1) is 0 Å². The summed E-state index contributed by atoms with van der Waals surface area (Å²) in [6.45, 7) is 3.81. The molecule has 0 saturated heterocycles. The van der Waals surface area contributed by atoms with Crippen LogP contribution in [-0.2, 0) is 10.2 Å². The molecule has 0 saturated carbocycles. The van der Waals surface area contributed by atoms with E-state index in [4.69, 9.17) is 11.6 Å². The first-order valence-corrected chi connectivity index (χ1v) is 6.27. The lowest BCUT2D eigenvalue weighted by molar-refractivity contribution is 0.325. The van der Waals surface area contributed by atoms with Gasteiger partial charge in [0.1, 0.15) is 10.7 Å². The zero-order valence-electron chi connectivity index (χ0n) is 8.33. The van der Waals surface area contributed by atoms with Crippen LogP contribution in [0.5, 0.6) is 0 Å².